The van der Waals surface area contributed by atoms with Gasteiger partial charge in [0.05, 0.1) is 11.3 Å². The first-order valence-corrected chi connectivity index (χ1v) is 7.95. The Balaban J connectivity index is 2.38. The Morgan fingerprint density at radius 2 is 1.64 bits per heavy atom. The fourth-order valence-electron chi connectivity index (χ4n) is 2.92. The van der Waals surface area contributed by atoms with E-state index in [9.17, 15) is 14.3 Å². The summed E-state index contributed by atoms with van der Waals surface area (Å²) in [6, 6.07) is 9.56. The lowest BCUT2D eigenvalue weighted by Crippen LogP contribution is -2.16. The smallest absolute Gasteiger partial charge is 0.338 e. The Morgan fingerprint density at radius 1 is 1.04 bits per heavy atom. The summed E-state index contributed by atoms with van der Waals surface area (Å²) in [5, 5.41) is 9.88. The molecule has 0 amide bonds. The molecule has 0 saturated heterocycles. The van der Waals surface area contributed by atoms with Gasteiger partial charge in [0.1, 0.15) is 5.82 Å². The number of benzene rings is 1. The minimum absolute atomic E-state index is 0.234. The summed E-state index contributed by atoms with van der Waals surface area (Å²) < 4.78 is 13.3. The number of aromatic amines is 1. The van der Waals surface area contributed by atoms with E-state index in [1.54, 1.807) is 36.7 Å². The molecule has 0 radical (unpaired) electrons. The minimum Gasteiger partial charge on any atom is -0.478 e. The molecule has 2 aromatic heterocycles. The molecule has 1 aromatic carbocycles. The molecule has 0 atom stereocenters. The number of halogens is 1. The number of carboxylic acid groups (broad SMARTS) is 1. The maximum absolute atomic E-state index is 13.3. The average molecular weight is 338 g/mol. The third kappa shape index (κ3) is 3.18. The van der Waals surface area contributed by atoms with E-state index in [4.69, 9.17) is 0 Å². The Bertz CT molecular complexity index is 907. The van der Waals surface area contributed by atoms with Gasteiger partial charge < -0.3 is 10.1 Å². The van der Waals surface area contributed by atoms with Gasteiger partial charge in [-0.3, -0.25) is 4.98 Å². The number of aromatic nitrogens is 2. The number of H-pyrrole nitrogens is 1. The van der Waals surface area contributed by atoms with Crippen molar-refractivity contribution in [2.24, 2.45) is 0 Å². The van der Waals surface area contributed by atoms with E-state index in [2.05, 4.69) is 9.97 Å². The highest BCUT2D eigenvalue weighted by Gasteiger charge is 2.30. The van der Waals surface area contributed by atoms with E-state index in [-0.39, 0.29) is 11.4 Å². The standard InChI is InChI=1S/C20H19FN2O2/c1-20(2,3)18-16(19(24)25)15(12-8-10-22-11-9-12)17(23-18)13-4-6-14(21)7-5-13/h4-11,23H,1-3H3,(H,24,25). The number of hydrogen-bond donors (Lipinski definition) is 2. The number of pyridine rings is 1. The number of rotatable bonds is 3. The zero-order valence-electron chi connectivity index (χ0n) is 14.3. The van der Waals surface area contributed by atoms with E-state index in [0.29, 0.717) is 17.0 Å². The number of nitrogens with one attached hydrogen (secondary N) is 1. The first-order valence-electron chi connectivity index (χ1n) is 7.95. The predicted octanol–water partition coefficient (Wildman–Crippen LogP) is 4.88. The van der Waals surface area contributed by atoms with Crippen LogP contribution in [0.3, 0.4) is 0 Å². The van der Waals surface area contributed by atoms with Crippen LogP contribution in [0.2, 0.25) is 0 Å². The summed E-state index contributed by atoms with van der Waals surface area (Å²) in [6.07, 6.45) is 3.25. The molecule has 3 rings (SSSR count). The third-order valence-corrected chi connectivity index (χ3v) is 4.07. The van der Waals surface area contributed by atoms with Crippen molar-refractivity contribution in [3.05, 3.63) is 65.9 Å². The lowest BCUT2D eigenvalue weighted by atomic mass is 9.87. The molecule has 0 aliphatic carbocycles. The number of carboxylic acids is 1. The van der Waals surface area contributed by atoms with Crippen LogP contribution in [-0.4, -0.2) is 21.0 Å². The molecule has 0 spiro atoms. The Kier molecular flexibility index (Phi) is 4.17. The first kappa shape index (κ1) is 16.9. The molecule has 0 saturated carbocycles. The monoisotopic (exact) mass is 338 g/mol. The second-order valence-electron chi connectivity index (χ2n) is 6.92. The summed E-state index contributed by atoms with van der Waals surface area (Å²) in [5.74, 6) is -1.34. The summed E-state index contributed by atoms with van der Waals surface area (Å²) in [6.45, 7) is 5.86. The zero-order chi connectivity index (χ0) is 18.2. The summed E-state index contributed by atoms with van der Waals surface area (Å²) in [4.78, 5) is 19.4. The normalized spacial score (nSPS) is 11.5. The minimum atomic E-state index is -0.999. The highest BCUT2D eigenvalue weighted by Crippen LogP contribution is 2.40. The van der Waals surface area contributed by atoms with Crippen molar-refractivity contribution in [1.82, 2.24) is 9.97 Å². The third-order valence-electron chi connectivity index (χ3n) is 4.07. The van der Waals surface area contributed by atoms with Crippen LogP contribution in [0.4, 0.5) is 4.39 Å². The predicted molar refractivity (Wildman–Crippen MR) is 95.1 cm³/mol. The van der Waals surface area contributed by atoms with Crippen LogP contribution in [0.1, 0.15) is 36.8 Å². The van der Waals surface area contributed by atoms with Gasteiger partial charge in [-0.2, -0.15) is 0 Å². The summed E-state index contributed by atoms with van der Waals surface area (Å²) >= 11 is 0. The average Bonchev–Trinajstić information content (AvgIpc) is 2.97. The van der Waals surface area contributed by atoms with Crippen molar-refractivity contribution in [1.29, 1.82) is 0 Å². The van der Waals surface area contributed by atoms with Crippen LogP contribution in [0.15, 0.2) is 48.8 Å². The van der Waals surface area contributed by atoms with Crippen LogP contribution in [0.25, 0.3) is 22.4 Å². The van der Waals surface area contributed by atoms with Crippen LogP contribution in [0, 0.1) is 5.82 Å². The van der Waals surface area contributed by atoms with E-state index >= 15 is 0 Å². The molecule has 25 heavy (non-hydrogen) atoms. The van der Waals surface area contributed by atoms with Crippen molar-refractivity contribution in [2.45, 2.75) is 26.2 Å². The molecule has 0 fully saturated rings. The van der Waals surface area contributed by atoms with E-state index < -0.39 is 11.4 Å². The van der Waals surface area contributed by atoms with E-state index in [0.717, 1.165) is 11.1 Å². The van der Waals surface area contributed by atoms with Crippen molar-refractivity contribution in [3.63, 3.8) is 0 Å². The fourth-order valence-corrected chi connectivity index (χ4v) is 2.92. The van der Waals surface area contributed by atoms with Crippen LogP contribution in [-0.2, 0) is 5.41 Å². The lowest BCUT2D eigenvalue weighted by molar-refractivity contribution is 0.0695. The highest BCUT2D eigenvalue weighted by atomic mass is 19.1. The van der Waals surface area contributed by atoms with Gasteiger partial charge in [-0.1, -0.05) is 20.8 Å². The Morgan fingerprint density at radius 3 is 2.16 bits per heavy atom. The van der Waals surface area contributed by atoms with Gasteiger partial charge in [0.25, 0.3) is 0 Å². The molecule has 0 unspecified atom stereocenters. The Labute approximate surface area is 145 Å². The number of carbonyl (C=O) groups is 1. The quantitative estimate of drug-likeness (QED) is 0.715. The largest absolute Gasteiger partial charge is 0.478 e. The maximum Gasteiger partial charge on any atom is 0.338 e. The van der Waals surface area contributed by atoms with Crippen molar-refractivity contribution < 1.29 is 14.3 Å². The SMILES string of the molecule is CC(C)(C)c1[nH]c(-c2ccc(F)cc2)c(-c2ccncc2)c1C(=O)O. The summed E-state index contributed by atoms with van der Waals surface area (Å²) in [7, 11) is 0. The second kappa shape index (κ2) is 6.16. The molecule has 0 aliphatic heterocycles. The number of aromatic carboxylic acids is 1. The van der Waals surface area contributed by atoms with Gasteiger partial charge in [0, 0.05) is 29.1 Å². The molecular weight excluding hydrogens is 319 g/mol. The van der Waals surface area contributed by atoms with E-state index in [1.807, 2.05) is 20.8 Å². The number of nitrogens with zero attached hydrogens (tertiary/aromatic N) is 1. The van der Waals surface area contributed by atoms with Crippen molar-refractivity contribution >= 4 is 5.97 Å². The second-order valence-corrected chi connectivity index (χ2v) is 6.92. The maximum atomic E-state index is 13.3. The molecule has 2 heterocycles. The van der Waals surface area contributed by atoms with Crippen LogP contribution in [0.5, 0.6) is 0 Å². The van der Waals surface area contributed by atoms with Gasteiger partial charge in [-0.15, -0.1) is 0 Å². The summed E-state index contributed by atoms with van der Waals surface area (Å²) in [5.41, 5.74) is 3.20. The molecule has 0 bridgehead atoms. The molecule has 2 N–H and O–H groups in total. The molecule has 0 aliphatic rings. The van der Waals surface area contributed by atoms with Crippen LogP contribution < -0.4 is 0 Å². The van der Waals surface area contributed by atoms with Crippen LogP contribution >= 0.6 is 0 Å². The van der Waals surface area contributed by atoms with Crippen molar-refractivity contribution in [3.8, 4) is 22.4 Å². The molecular formula is C20H19FN2O2. The molecule has 5 heteroatoms. The fraction of sp³-hybridized carbons (Fsp3) is 0.200. The van der Waals surface area contributed by atoms with Gasteiger partial charge in [0.2, 0.25) is 0 Å². The highest BCUT2D eigenvalue weighted by molar-refractivity contribution is 6.02. The first-order chi connectivity index (χ1) is 11.8. The van der Waals surface area contributed by atoms with Gasteiger partial charge >= 0.3 is 5.97 Å². The molecule has 3 aromatic rings. The lowest BCUT2D eigenvalue weighted by Gasteiger charge is -2.18. The zero-order valence-corrected chi connectivity index (χ0v) is 14.3. The topological polar surface area (TPSA) is 66.0 Å². The van der Waals surface area contributed by atoms with Crippen molar-refractivity contribution in [2.75, 3.05) is 0 Å². The van der Waals surface area contributed by atoms with Gasteiger partial charge in [-0.05, 0) is 47.5 Å². The van der Waals surface area contributed by atoms with E-state index in [1.165, 1.54) is 12.1 Å². The molecule has 128 valence electrons. The Hall–Kier alpha value is -2.95. The van der Waals surface area contributed by atoms with Gasteiger partial charge in [0.15, 0.2) is 0 Å². The molecule has 4 nitrogen and oxygen atoms in total. The van der Waals surface area contributed by atoms with Gasteiger partial charge in [-0.25, -0.2) is 9.18 Å². The number of hydrogen-bond acceptors (Lipinski definition) is 2.